The highest BCUT2D eigenvalue weighted by molar-refractivity contribution is 6.28. The summed E-state index contributed by atoms with van der Waals surface area (Å²) in [4.78, 5) is 14.1. The van der Waals surface area contributed by atoms with Crippen molar-refractivity contribution in [2.45, 2.75) is 13.0 Å². The number of rotatable bonds is 3. The Morgan fingerprint density at radius 1 is 1.39 bits per heavy atom. The summed E-state index contributed by atoms with van der Waals surface area (Å²) in [6.07, 6.45) is 4.82. The Kier molecular flexibility index (Phi) is 4.18. The highest BCUT2D eigenvalue weighted by Crippen LogP contribution is 2.16. The lowest BCUT2D eigenvalue weighted by Crippen LogP contribution is -2.37. The lowest BCUT2D eigenvalue weighted by Gasteiger charge is -2.26. The number of hydrogen-bond donors (Lipinski definition) is 0. The minimum Gasteiger partial charge on any atom is -0.447 e. The molecule has 0 saturated carbocycles. The largest absolute Gasteiger partial charge is 0.447 e. The molecular formula is C11H13ClN4O2. The summed E-state index contributed by atoms with van der Waals surface area (Å²) in [7, 11) is 0. The van der Waals surface area contributed by atoms with Crippen LogP contribution in [0.25, 0.3) is 0 Å². The van der Waals surface area contributed by atoms with Crippen LogP contribution in [0.1, 0.15) is 6.92 Å². The maximum Gasteiger partial charge on any atom is 0.323 e. The summed E-state index contributed by atoms with van der Waals surface area (Å²) in [6.45, 7) is 4.43. The molecule has 1 aliphatic rings. The lowest BCUT2D eigenvalue weighted by molar-refractivity contribution is 0.122. The van der Waals surface area contributed by atoms with E-state index in [0.717, 1.165) is 0 Å². The molecule has 0 N–H and O–H groups in total. The Morgan fingerprint density at radius 3 is 2.78 bits per heavy atom. The highest BCUT2D eigenvalue weighted by atomic mass is 35.5. The van der Waals surface area contributed by atoms with E-state index in [-0.39, 0.29) is 11.3 Å². The zero-order valence-corrected chi connectivity index (χ0v) is 10.7. The third-order valence-electron chi connectivity index (χ3n) is 2.39. The second kappa shape index (κ2) is 5.85. The molecular weight excluding hydrogens is 256 g/mol. The fourth-order valence-electron chi connectivity index (χ4n) is 1.47. The van der Waals surface area contributed by atoms with Crippen LogP contribution in [0.4, 0.5) is 5.95 Å². The highest BCUT2D eigenvalue weighted by Gasteiger charge is 2.17. The molecule has 2 rings (SSSR count). The van der Waals surface area contributed by atoms with Gasteiger partial charge in [-0.15, -0.1) is 6.42 Å². The van der Waals surface area contributed by atoms with Crippen LogP contribution >= 0.6 is 11.6 Å². The molecule has 1 atom stereocenters. The van der Waals surface area contributed by atoms with Gasteiger partial charge in [-0.2, -0.15) is 15.0 Å². The van der Waals surface area contributed by atoms with Crippen molar-refractivity contribution < 1.29 is 9.47 Å². The second-order valence-corrected chi connectivity index (χ2v) is 4.05. The normalized spacial score (nSPS) is 17.1. The van der Waals surface area contributed by atoms with E-state index in [2.05, 4.69) is 20.9 Å². The van der Waals surface area contributed by atoms with Crippen molar-refractivity contribution >= 4 is 17.5 Å². The molecule has 1 saturated heterocycles. The van der Waals surface area contributed by atoms with Crippen LogP contribution in [-0.4, -0.2) is 47.4 Å². The third kappa shape index (κ3) is 3.22. The van der Waals surface area contributed by atoms with Gasteiger partial charge in [-0.05, 0) is 18.5 Å². The van der Waals surface area contributed by atoms with E-state index in [1.54, 1.807) is 6.92 Å². The van der Waals surface area contributed by atoms with Crippen molar-refractivity contribution in [1.29, 1.82) is 0 Å². The number of terminal acetylenes is 1. The Bertz CT molecular complexity index is 457. The zero-order valence-electron chi connectivity index (χ0n) is 9.97. The molecule has 0 spiro atoms. The molecule has 96 valence electrons. The first-order valence-corrected chi connectivity index (χ1v) is 5.94. The minimum absolute atomic E-state index is 0.0886. The van der Waals surface area contributed by atoms with Crippen molar-refractivity contribution in [3.63, 3.8) is 0 Å². The van der Waals surface area contributed by atoms with E-state index in [4.69, 9.17) is 27.5 Å². The predicted molar refractivity (Wildman–Crippen MR) is 66.8 cm³/mol. The standard InChI is InChI=1S/C11H13ClN4O2/c1-3-8(2)18-11-14-9(12)13-10(15-11)16-4-6-17-7-5-16/h1,8H,4-7H2,2H3. The monoisotopic (exact) mass is 268 g/mol. The van der Waals surface area contributed by atoms with Gasteiger partial charge in [0.25, 0.3) is 0 Å². The summed E-state index contributed by atoms with van der Waals surface area (Å²) in [6, 6.07) is 0.141. The van der Waals surface area contributed by atoms with E-state index in [9.17, 15) is 0 Å². The van der Waals surface area contributed by atoms with Crippen LogP contribution in [0.15, 0.2) is 0 Å². The molecule has 2 heterocycles. The molecule has 1 unspecified atom stereocenters. The van der Waals surface area contributed by atoms with Gasteiger partial charge in [-0.1, -0.05) is 5.92 Å². The number of anilines is 1. The third-order valence-corrected chi connectivity index (χ3v) is 2.56. The second-order valence-electron chi connectivity index (χ2n) is 3.71. The zero-order chi connectivity index (χ0) is 13.0. The van der Waals surface area contributed by atoms with Gasteiger partial charge in [0.2, 0.25) is 11.2 Å². The number of ether oxygens (including phenoxy) is 2. The molecule has 6 nitrogen and oxygen atoms in total. The smallest absolute Gasteiger partial charge is 0.323 e. The van der Waals surface area contributed by atoms with Crippen LogP contribution in [0.3, 0.4) is 0 Å². The molecule has 1 aromatic heterocycles. The fourth-order valence-corrected chi connectivity index (χ4v) is 1.62. The van der Waals surface area contributed by atoms with Crippen LogP contribution in [0.2, 0.25) is 5.28 Å². The molecule has 0 amide bonds. The molecule has 0 radical (unpaired) electrons. The van der Waals surface area contributed by atoms with Crippen LogP contribution < -0.4 is 9.64 Å². The molecule has 1 aliphatic heterocycles. The molecule has 0 aliphatic carbocycles. The lowest BCUT2D eigenvalue weighted by atomic mass is 10.4. The Hall–Kier alpha value is -1.58. The van der Waals surface area contributed by atoms with Crippen LogP contribution in [0, 0.1) is 12.3 Å². The van der Waals surface area contributed by atoms with Gasteiger partial charge in [0.15, 0.2) is 6.10 Å². The van der Waals surface area contributed by atoms with Gasteiger partial charge in [0.05, 0.1) is 13.2 Å². The maximum absolute atomic E-state index is 5.84. The summed E-state index contributed by atoms with van der Waals surface area (Å²) in [5.41, 5.74) is 0. The average molecular weight is 269 g/mol. The molecule has 0 bridgehead atoms. The van der Waals surface area contributed by atoms with Gasteiger partial charge in [-0.3, -0.25) is 0 Å². The van der Waals surface area contributed by atoms with E-state index >= 15 is 0 Å². The Morgan fingerprint density at radius 2 is 2.11 bits per heavy atom. The van der Waals surface area contributed by atoms with E-state index in [1.165, 1.54) is 0 Å². The topological polar surface area (TPSA) is 60.4 Å². The van der Waals surface area contributed by atoms with Crippen molar-refractivity contribution in [1.82, 2.24) is 15.0 Å². The maximum atomic E-state index is 5.84. The number of aromatic nitrogens is 3. The quantitative estimate of drug-likeness (QED) is 0.755. The van der Waals surface area contributed by atoms with Gasteiger partial charge in [-0.25, -0.2) is 0 Å². The Labute approximate surface area is 110 Å². The molecule has 1 aromatic rings. The molecule has 0 aromatic carbocycles. The molecule has 7 heteroatoms. The summed E-state index contributed by atoms with van der Waals surface area (Å²) >= 11 is 5.84. The SMILES string of the molecule is C#CC(C)Oc1nc(Cl)nc(N2CCOCC2)n1. The first-order chi connectivity index (χ1) is 8.69. The van der Waals surface area contributed by atoms with E-state index in [0.29, 0.717) is 32.3 Å². The van der Waals surface area contributed by atoms with Gasteiger partial charge in [0.1, 0.15) is 0 Å². The average Bonchev–Trinajstić information content (AvgIpc) is 2.39. The van der Waals surface area contributed by atoms with Crippen molar-refractivity contribution in [3.05, 3.63) is 5.28 Å². The number of hydrogen-bond acceptors (Lipinski definition) is 6. The van der Waals surface area contributed by atoms with E-state index in [1.807, 2.05) is 4.90 Å². The van der Waals surface area contributed by atoms with Crippen LogP contribution in [0.5, 0.6) is 6.01 Å². The summed E-state index contributed by atoms with van der Waals surface area (Å²) in [5.74, 6) is 2.92. The van der Waals surface area contributed by atoms with Gasteiger partial charge < -0.3 is 14.4 Å². The fraction of sp³-hybridized carbons (Fsp3) is 0.545. The first-order valence-electron chi connectivity index (χ1n) is 5.56. The van der Waals surface area contributed by atoms with Crippen LogP contribution in [-0.2, 0) is 4.74 Å². The van der Waals surface area contributed by atoms with Crippen molar-refractivity contribution in [2.24, 2.45) is 0 Å². The molecule has 18 heavy (non-hydrogen) atoms. The first kappa shape index (κ1) is 12.9. The number of nitrogens with zero attached hydrogens (tertiary/aromatic N) is 4. The van der Waals surface area contributed by atoms with Gasteiger partial charge >= 0.3 is 6.01 Å². The van der Waals surface area contributed by atoms with Gasteiger partial charge in [0, 0.05) is 13.1 Å². The summed E-state index contributed by atoms with van der Waals surface area (Å²) in [5, 5.41) is 0.0886. The van der Waals surface area contributed by atoms with Crippen molar-refractivity contribution in [2.75, 3.05) is 31.2 Å². The Balaban J connectivity index is 2.17. The van der Waals surface area contributed by atoms with Crippen molar-refractivity contribution in [3.8, 4) is 18.4 Å². The minimum atomic E-state index is -0.416. The van der Waals surface area contributed by atoms with E-state index < -0.39 is 6.10 Å². The summed E-state index contributed by atoms with van der Waals surface area (Å²) < 4.78 is 10.6. The number of halogens is 1. The molecule has 1 fully saturated rings. The number of morpholine rings is 1. The predicted octanol–water partition coefficient (Wildman–Crippen LogP) is 0.762.